The average Bonchev–Trinajstić information content (AvgIpc) is 3.94. The highest BCUT2D eigenvalue weighted by Crippen LogP contribution is 2.59. The van der Waals surface area contributed by atoms with Crippen molar-refractivity contribution in [3.8, 4) is 0 Å². The Balaban J connectivity index is 1.32. The number of esters is 2. The Labute approximate surface area is 354 Å². The molecule has 1 aliphatic carbocycles. The third-order valence-electron chi connectivity index (χ3n) is 12.4. The minimum absolute atomic E-state index is 0.00313. The van der Waals surface area contributed by atoms with E-state index in [4.69, 9.17) is 28.5 Å². The van der Waals surface area contributed by atoms with Gasteiger partial charge >= 0.3 is 11.9 Å². The molecule has 3 N–H and O–H groups in total. The van der Waals surface area contributed by atoms with Gasteiger partial charge < -0.3 is 44.1 Å². The molecule has 15 heteroatoms. The van der Waals surface area contributed by atoms with Gasteiger partial charge in [0.2, 0.25) is 11.8 Å². The third-order valence-corrected chi connectivity index (χ3v) is 12.4. The second-order valence-electron chi connectivity index (χ2n) is 18.0. The summed E-state index contributed by atoms with van der Waals surface area (Å²) >= 11 is 0. The number of nitrogens with one attached hydrogen (secondary N) is 1. The first-order chi connectivity index (χ1) is 28.8. The van der Waals surface area contributed by atoms with E-state index in [1.165, 1.54) is 6.26 Å². The first-order valence-electron chi connectivity index (χ1n) is 22.2. The molecule has 2 bridgehead atoms. The molecule has 0 spiro atoms. The van der Waals surface area contributed by atoms with Crippen LogP contribution in [0.15, 0.2) is 30.5 Å². The van der Waals surface area contributed by atoms with Gasteiger partial charge in [0.05, 0.1) is 32.1 Å². The van der Waals surface area contributed by atoms with Crippen molar-refractivity contribution in [1.82, 2.24) is 15.3 Å². The van der Waals surface area contributed by atoms with Gasteiger partial charge in [0, 0.05) is 32.2 Å². The van der Waals surface area contributed by atoms with Gasteiger partial charge in [0.25, 0.3) is 0 Å². The summed E-state index contributed by atoms with van der Waals surface area (Å²) in [4.78, 5) is 65.0. The predicted molar refractivity (Wildman–Crippen MR) is 219 cm³/mol. The summed E-state index contributed by atoms with van der Waals surface area (Å²) < 4.78 is 31.1. The highest BCUT2D eigenvalue weighted by Gasteiger charge is 2.77. The van der Waals surface area contributed by atoms with Crippen LogP contribution in [0.25, 0.3) is 6.08 Å². The number of benzene rings is 1. The largest absolute Gasteiger partial charge is 0.499 e. The topological polar surface area (TPSA) is 183 Å². The molecule has 5 aliphatic rings. The van der Waals surface area contributed by atoms with Crippen LogP contribution in [0.2, 0.25) is 0 Å². The summed E-state index contributed by atoms with van der Waals surface area (Å²) in [6, 6.07) is 4.81. The molecular formula is C45H67N3O12. The lowest BCUT2D eigenvalue weighted by Gasteiger charge is -2.50. The van der Waals surface area contributed by atoms with Crippen LogP contribution in [0.4, 0.5) is 0 Å². The van der Waals surface area contributed by atoms with Crippen LogP contribution >= 0.6 is 0 Å². The highest BCUT2D eigenvalue weighted by atomic mass is 16.8. The van der Waals surface area contributed by atoms with Crippen molar-refractivity contribution in [3.05, 3.63) is 41.7 Å². The fraction of sp³-hybridized carbons (Fsp3) is 0.733. The van der Waals surface area contributed by atoms with E-state index in [1.807, 2.05) is 24.3 Å². The number of fused-ring (bicyclic) bond motifs is 4. The van der Waals surface area contributed by atoms with Crippen molar-refractivity contribution in [2.75, 3.05) is 26.4 Å². The van der Waals surface area contributed by atoms with Gasteiger partial charge in [-0.1, -0.05) is 63.8 Å². The Morgan fingerprint density at radius 3 is 2.43 bits per heavy atom. The average molecular weight is 842 g/mol. The van der Waals surface area contributed by atoms with Crippen molar-refractivity contribution in [1.29, 1.82) is 0 Å². The van der Waals surface area contributed by atoms with Gasteiger partial charge in [-0.15, -0.1) is 0 Å². The van der Waals surface area contributed by atoms with Crippen molar-refractivity contribution in [2.45, 2.75) is 179 Å². The fourth-order valence-electron chi connectivity index (χ4n) is 9.67. The lowest BCUT2D eigenvalue weighted by molar-refractivity contribution is -0.225. The van der Waals surface area contributed by atoms with Crippen LogP contribution in [0.1, 0.15) is 129 Å². The second kappa shape index (κ2) is 20.1. The lowest BCUT2D eigenvalue weighted by atomic mass is 9.62. The summed E-state index contributed by atoms with van der Waals surface area (Å²) in [6.45, 7) is 9.63. The van der Waals surface area contributed by atoms with Crippen LogP contribution in [0, 0.1) is 5.41 Å². The lowest BCUT2D eigenvalue weighted by Crippen LogP contribution is -2.70. The molecule has 0 unspecified atom stereocenters. The first kappa shape index (κ1) is 45.9. The van der Waals surface area contributed by atoms with Crippen molar-refractivity contribution < 1.29 is 57.9 Å². The Hall–Kier alpha value is -3.60. The number of nitrogens with zero attached hydrogens (tertiary/aromatic N) is 2. The Morgan fingerprint density at radius 2 is 1.75 bits per heavy atom. The quantitative estimate of drug-likeness (QED) is 0.0882. The van der Waals surface area contributed by atoms with Gasteiger partial charge in [0.1, 0.15) is 48.1 Å². The Morgan fingerprint density at radius 1 is 1.03 bits per heavy atom. The molecule has 1 saturated carbocycles. The maximum atomic E-state index is 15.6. The third kappa shape index (κ3) is 10.0. The number of amides is 2. The molecule has 8 atom stereocenters. The molecular weight excluding hydrogens is 775 g/mol. The second-order valence-corrected chi connectivity index (χ2v) is 18.0. The number of hydrogen-bond donors (Lipinski definition) is 3. The minimum atomic E-state index is -1.47. The molecule has 1 aromatic carbocycles. The van der Waals surface area contributed by atoms with Crippen LogP contribution in [-0.2, 0) is 54.2 Å². The zero-order valence-electron chi connectivity index (χ0n) is 36.1. The standard InChI is InChI=1S/C45H67N3O12/c1-6-8-12-21-44(22-13-9-7-2)58-36-34-27-45(42(54)47-23-14-17-33(47)40(52)46-32(29-50)18-19-35(51)57-43(3,4)5)38(41(53)56-34)48(60-39(45)37(36)59-44)28-31-16-11-10-15-30(31)20-25-55-26-24-49/h10-11,15-16,20,25,32-34,36-39,49-50H,6-9,12-14,17-19,21-24,26-29H2,1-5H3,(H,46,52)/t32-,33+,34+,36-,37-,38+,39+,45+/m0/s1. The number of ether oxygens (including phenoxy) is 5. The van der Waals surface area contributed by atoms with Gasteiger partial charge in [-0.25, -0.2) is 0 Å². The monoisotopic (exact) mass is 841 g/mol. The zero-order chi connectivity index (χ0) is 43.1. The molecule has 15 nitrogen and oxygen atoms in total. The molecule has 1 aromatic rings. The Kier molecular flexibility index (Phi) is 15.4. The van der Waals surface area contributed by atoms with Crippen molar-refractivity contribution in [2.24, 2.45) is 5.41 Å². The number of carbonyl (C=O) groups is 4. The van der Waals surface area contributed by atoms with Gasteiger partial charge in [0.15, 0.2) is 11.8 Å². The molecule has 2 amide bonds. The maximum absolute atomic E-state index is 15.6. The molecule has 4 aliphatic heterocycles. The number of hydrogen-bond acceptors (Lipinski definition) is 13. The zero-order valence-corrected chi connectivity index (χ0v) is 36.1. The van der Waals surface area contributed by atoms with Gasteiger partial charge in [-0.05, 0) is 70.1 Å². The fourth-order valence-corrected chi connectivity index (χ4v) is 9.67. The normalized spacial score (nSPS) is 28.7. The molecule has 4 heterocycles. The van der Waals surface area contributed by atoms with E-state index in [1.54, 1.807) is 36.8 Å². The molecule has 5 fully saturated rings. The predicted octanol–water partition coefficient (Wildman–Crippen LogP) is 4.70. The van der Waals surface area contributed by atoms with E-state index < -0.39 is 83.8 Å². The number of hydroxylamine groups is 2. The summed E-state index contributed by atoms with van der Waals surface area (Å²) in [5.41, 5.74) is -0.551. The van der Waals surface area contributed by atoms with E-state index in [0.717, 1.165) is 49.7 Å². The van der Waals surface area contributed by atoms with Crippen LogP contribution in [0.5, 0.6) is 0 Å². The van der Waals surface area contributed by atoms with E-state index in [0.29, 0.717) is 25.7 Å². The molecule has 0 radical (unpaired) electrons. The Bertz CT molecular complexity index is 1670. The summed E-state index contributed by atoms with van der Waals surface area (Å²) in [6.07, 6.45) is 8.55. The van der Waals surface area contributed by atoms with E-state index >= 15 is 4.79 Å². The first-order valence-corrected chi connectivity index (χ1v) is 22.2. The summed E-state index contributed by atoms with van der Waals surface area (Å²) in [5, 5.41) is 23.8. The van der Waals surface area contributed by atoms with E-state index in [9.17, 15) is 24.6 Å². The summed E-state index contributed by atoms with van der Waals surface area (Å²) in [5.74, 6) is -2.78. The van der Waals surface area contributed by atoms with Crippen LogP contribution in [0.3, 0.4) is 0 Å². The van der Waals surface area contributed by atoms with Crippen LogP contribution in [-0.4, -0.2) is 124 Å². The van der Waals surface area contributed by atoms with Crippen molar-refractivity contribution in [3.63, 3.8) is 0 Å². The van der Waals surface area contributed by atoms with Gasteiger partial charge in [-0.3, -0.25) is 24.0 Å². The number of rotatable bonds is 21. The number of aliphatic hydroxyl groups is 2. The van der Waals surface area contributed by atoms with E-state index in [-0.39, 0.29) is 51.5 Å². The number of aliphatic hydroxyl groups excluding tert-OH is 2. The molecule has 60 heavy (non-hydrogen) atoms. The maximum Gasteiger partial charge on any atom is 0.327 e. The van der Waals surface area contributed by atoms with E-state index in [2.05, 4.69) is 19.2 Å². The SMILES string of the molecule is CCCCCC1(CCCCC)O[C@@H]2[C@H](O1)[C@H]1ON(Cc3ccccc3C=COCCO)[C@@H]3C(=O)O[C@@H]2C[C@]13C(=O)N1CCC[C@@H]1C(=O)N[C@H](CO)CCC(=O)OC(C)(C)C. The molecule has 6 rings (SSSR count). The summed E-state index contributed by atoms with van der Waals surface area (Å²) in [7, 11) is 0. The van der Waals surface area contributed by atoms with Crippen molar-refractivity contribution >= 4 is 29.8 Å². The highest BCUT2D eigenvalue weighted by molar-refractivity contribution is 5.96. The number of likely N-dealkylation sites (tertiary alicyclic amines) is 1. The smallest absolute Gasteiger partial charge is 0.327 e. The number of carbonyl (C=O) groups excluding carboxylic acids is 4. The number of unbranched alkanes of at least 4 members (excludes halogenated alkanes) is 4. The van der Waals surface area contributed by atoms with Crippen LogP contribution < -0.4 is 5.32 Å². The van der Waals surface area contributed by atoms with Gasteiger partial charge in [-0.2, -0.15) is 5.06 Å². The molecule has 4 saturated heterocycles. The molecule has 334 valence electrons. The molecule has 0 aromatic heterocycles. The minimum Gasteiger partial charge on any atom is -0.499 e.